The van der Waals surface area contributed by atoms with Crippen molar-refractivity contribution in [2.45, 2.75) is 19.8 Å². The largest absolute Gasteiger partial charge is 0.450 e. The number of ether oxygens (including phenoxy) is 4. The number of fused-ring (bicyclic) bond motifs is 3. The van der Waals surface area contributed by atoms with Crippen LogP contribution in [0.1, 0.15) is 13.8 Å². The fourth-order valence-corrected chi connectivity index (χ4v) is 1.62. The minimum atomic E-state index is -1.12. The van der Waals surface area contributed by atoms with Gasteiger partial charge in [-0.25, -0.2) is 4.79 Å². The van der Waals surface area contributed by atoms with Gasteiger partial charge in [-0.3, -0.25) is 0 Å². The lowest BCUT2D eigenvalue weighted by atomic mass is 9.92. The number of carbonyl (C=O) groups is 1. The summed E-state index contributed by atoms with van der Waals surface area (Å²) in [6.45, 7) is 6.00. The van der Waals surface area contributed by atoms with E-state index in [9.17, 15) is 4.79 Å². The second-order valence-corrected chi connectivity index (χ2v) is 4.43. The van der Waals surface area contributed by atoms with Gasteiger partial charge in [-0.05, 0) is 6.92 Å². The normalized spacial score (nSPS) is 37.1. The maximum Gasteiger partial charge on any atom is 0.407 e. The van der Waals surface area contributed by atoms with Crippen LogP contribution in [0.5, 0.6) is 0 Å². The van der Waals surface area contributed by atoms with Crippen LogP contribution in [-0.4, -0.2) is 45.0 Å². The van der Waals surface area contributed by atoms with E-state index >= 15 is 0 Å². The van der Waals surface area contributed by atoms with E-state index in [2.05, 4.69) is 5.32 Å². The van der Waals surface area contributed by atoms with Gasteiger partial charge in [0.2, 0.25) is 0 Å². The number of hydrogen-bond acceptors (Lipinski definition) is 5. The number of alkyl carbamates (subject to hydrolysis) is 1. The molecule has 3 heterocycles. The van der Waals surface area contributed by atoms with Crippen LogP contribution in [0.15, 0.2) is 0 Å². The van der Waals surface area contributed by atoms with Gasteiger partial charge in [-0.15, -0.1) is 0 Å². The lowest BCUT2D eigenvalue weighted by Crippen LogP contribution is -2.62. The zero-order valence-electron chi connectivity index (χ0n) is 9.58. The van der Waals surface area contributed by atoms with E-state index in [1.54, 1.807) is 6.92 Å². The van der Waals surface area contributed by atoms with E-state index in [0.717, 1.165) is 0 Å². The Kier molecular flexibility index (Phi) is 3.05. The predicted molar refractivity (Wildman–Crippen MR) is 53.7 cm³/mol. The van der Waals surface area contributed by atoms with Gasteiger partial charge in [0.15, 0.2) is 0 Å². The SMILES string of the molecule is CCOC(=O)NCC12OCC(C)(CO1)CO2. The van der Waals surface area contributed by atoms with Crippen molar-refractivity contribution in [2.24, 2.45) is 5.41 Å². The number of carbonyl (C=O) groups excluding carboxylic acids is 1. The molecule has 0 aromatic heterocycles. The molecule has 0 aliphatic carbocycles. The first-order valence-electron chi connectivity index (χ1n) is 5.40. The standard InChI is InChI=1S/C10H17NO5/c1-3-13-8(12)11-4-10-14-5-9(2,6-15-10)7-16-10/h3-7H2,1-2H3,(H,11,12). The summed E-state index contributed by atoms with van der Waals surface area (Å²) >= 11 is 0. The molecule has 0 aromatic carbocycles. The first kappa shape index (κ1) is 11.6. The smallest absolute Gasteiger partial charge is 0.407 e. The van der Waals surface area contributed by atoms with Crippen molar-refractivity contribution < 1.29 is 23.7 Å². The maximum atomic E-state index is 11.1. The second-order valence-electron chi connectivity index (χ2n) is 4.43. The molecular weight excluding hydrogens is 214 g/mol. The Morgan fingerprint density at radius 2 is 1.88 bits per heavy atom. The molecule has 3 fully saturated rings. The summed E-state index contributed by atoms with van der Waals surface area (Å²) in [7, 11) is 0. The molecule has 16 heavy (non-hydrogen) atoms. The highest BCUT2D eigenvalue weighted by Gasteiger charge is 2.50. The van der Waals surface area contributed by atoms with Gasteiger partial charge >= 0.3 is 12.1 Å². The lowest BCUT2D eigenvalue weighted by molar-refractivity contribution is -0.461. The maximum absolute atomic E-state index is 11.1. The number of nitrogens with one attached hydrogen (secondary N) is 1. The van der Waals surface area contributed by atoms with Gasteiger partial charge in [0, 0.05) is 5.41 Å². The summed E-state index contributed by atoms with van der Waals surface area (Å²) < 4.78 is 21.2. The monoisotopic (exact) mass is 231 g/mol. The van der Waals surface area contributed by atoms with E-state index in [1.165, 1.54) is 0 Å². The Bertz CT molecular complexity index is 256. The zero-order chi connectivity index (χ0) is 11.6. The average molecular weight is 231 g/mol. The first-order valence-corrected chi connectivity index (χ1v) is 5.40. The molecule has 1 amide bonds. The number of rotatable bonds is 3. The molecular formula is C10H17NO5. The van der Waals surface area contributed by atoms with Gasteiger partial charge in [0.05, 0.1) is 26.4 Å². The summed E-state index contributed by atoms with van der Waals surface area (Å²) in [5, 5.41) is 2.55. The molecule has 3 aliphatic heterocycles. The van der Waals surface area contributed by atoms with Crippen molar-refractivity contribution in [3.8, 4) is 0 Å². The van der Waals surface area contributed by atoms with E-state index in [4.69, 9.17) is 18.9 Å². The minimum Gasteiger partial charge on any atom is -0.450 e. The van der Waals surface area contributed by atoms with Crippen molar-refractivity contribution >= 4 is 6.09 Å². The Morgan fingerprint density at radius 3 is 2.38 bits per heavy atom. The molecule has 3 rings (SSSR count). The Balaban J connectivity index is 1.83. The van der Waals surface area contributed by atoms with Crippen LogP contribution >= 0.6 is 0 Å². The Hall–Kier alpha value is -0.850. The topological polar surface area (TPSA) is 66.0 Å². The van der Waals surface area contributed by atoms with Crippen LogP contribution in [0.2, 0.25) is 0 Å². The highest BCUT2D eigenvalue weighted by Crippen LogP contribution is 2.37. The van der Waals surface area contributed by atoms with Gasteiger partial charge in [0.1, 0.15) is 6.54 Å². The molecule has 6 nitrogen and oxygen atoms in total. The summed E-state index contributed by atoms with van der Waals surface area (Å²) in [4.78, 5) is 11.1. The molecule has 3 aliphatic rings. The summed E-state index contributed by atoms with van der Waals surface area (Å²) in [6.07, 6.45) is -0.494. The summed E-state index contributed by atoms with van der Waals surface area (Å²) in [5.74, 6) is -1.12. The molecule has 0 spiro atoms. The van der Waals surface area contributed by atoms with Gasteiger partial charge in [-0.2, -0.15) is 0 Å². The average Bonchev–Trinajstić information content (AvgIpc) is 2.29. The molecule has 0 radical (unpaired) electrons. The van der Waals surface area contributed by atoms with Gasteiger partial charge < -0.3 is 24.3 Å². The lowest BCUT2D eigenvalue weighted by Gasteiger charge is -2.50. The molecule has 0 aromatic rings. The highest BCUT2D eigenvalue weighted by molar-refractivity contribution is 5.67. The van der Waals surface area contributed by atoms with Gasteiger partial charge in [-0.1, -0.05) is 6.92 Å². The van der Waals surface area contributed by atoms with E-state index in [-0.39, 0.29) is 12.0 Å². The molecule has 3 saturated heterocycles. The van der Waals surface area contributed by atoms with Gasteiger partial charge in [0.25, 0.3) is 0 Å². The van der Waals surface area contributed by atoms with E-state index < -0.39 is 12.1 Å². The summed E-state index contributed by atoms with van der Waals surface area (Å²) in [5.41, 5.74) is -0.0638. The van der Waals surface area contributed by atoms with Crippen LogP contribution in [0.3, 0.4) is 0 Å². The zero-order valence-corrected chi connectivity index (χ0v) is 9.58. The quantitative estimate of drug-likeness (QED) is 0.764. The molecule has 1 N–H and O–H groups in total. The highest BCUT2D eigenvalue weighted by atomic mass is 16.9. The number of amides is 1. The third-order valence-electron chi connectivity index (χ3n) is 2.65. The molecule has 0 atom stereocenters. The molecule has 6 heteroatoms. The third-order valence-corrected chi connectivity index (χ3v) is 2.65. The summed E-state index contributed by atoms with van der Waals surface area (Å²) in [6, 6.07) is 0. The molecule has 2 bridgehead atoms. The van der Waals surface area contributed by atoms with Crippen molar-refractivity contribution in [1.82, 2.24) is 5.32 Å². The Morgan fingerprint density at radius 1 is 1.31 bits per heavy atom. The molecule has 0 unspecified atom stereocenters. The molecule has 92 valence electrons. The van der Waals surface area contributed by atoms with Crippen molar-refractivity contribution in [3.63, 3.8) is 0 Å². The van der Waals surface area contributed by atoms with Crippen LogP contribution in [0.4, 0.5) is 4.79 Å². The van der Waals surface area contributed by atoms with E-state index in [0.29, 0.717) is 26.4 Å². The minimum absolute atomic E-state index is 0.0638. The Labute approximate surface area is 94.2 Å². The van der Waals surface area contributed by atoms with Crippen LogP contribution < -0.4 is 5.32 Å². The molecule has 0 saturated carbocycles. The van der Waals surface area contributed by atoms with Crippen molar-refractivity contribution in [1.29, 1.82) is 0 Å². The van der Waals surface area contributed by atoms with Crippen LogP contribution in [0.25, 0.3) is 0 Å². The first-order chi connectivity index (χ1) is 7.58. The fourth-order valence-electron chi connectivity index (χ4n) is 1.62. The fraction of sp³-hybridized carbons (Fsp3) is 0.900. The number of hydrogen-bond donors (Lipinski definition) is 1. The third kappa shape index (κ3) is 2.28. The van der Waals surface area contributed by atoms with Crippen LogP contribution in [0, 0.1) is 5.41 Å². The van der Waals surface area contributed by atoms with Crippen molar-refractivity contribution in [3.05, 3.63) is 0 Å². The van der Waals surface area contributed by atoms with Crippen molar-refractivity contribution in [2.75, 3.05) is 33.0 Å². The second kappa shape index (κ2) is 4.20. The van der Waals surface area contributed by atoms with E-state index in [1.807, 2.05) is 6.92 Å². The predicted octanol–water partition coefficient (Wildman–Crippen LogP) is 0.470. The van der Waals surface area contributed by atoms with Crippen LogP contribution in [-0.2, 0) is 18.9 Å².